The standard InChI is InChI=1S/C14H26N4S/c1-5-7-9-11(8-6-2)16-14-12(13(15)19)10(3)17-18(14)4/h11,16H,5-9H2,1-4H3,(H2,15,19). The molecule has 1 atom stereocenters. The highest BCUT2D eigenvalue weighted by Crippen LogP contribution is 2.22. The van der Waals surface area contributed by atoms with Crippen LogP contribution in [-0.4, -0.2) is 20.8 Å². The van der Waals surface area contributed by atoms with Gasteiger partial charge in [0.2, 0.25) is 0 Å². The number of hydrogen-bond donors (Lipinski definition) is 2. The van der Waals surface area contributed by atoms with Gasteiger partial charge in [-0.15, -0.1) is 0 Å². The van der Waals surface area contributed by atoms with Gasteiger partial charge in [0, 0.05) is 13.1 Å². The molecule has 1 heterocycles. The molecule has 4 nitrogen and oxygen atoms in total. The van der Waals surface area contributed by atoms with Crippen LogP contribution in [0.3, 0.4) is 0 Å². The Hall–Kier alpha value is -1.10. The van der Waals surface area contributed by atoms with Gasteiger partial charge < -0.3 is 11.1 Å². The number of aryl methyl sites for hydroxylation is 2. The Labute approximate surface area is 121 Å². The third-order valence-electron chi connectivity index (χ3n) is 3.35. The van der Waals surface area contributed by atoms with Crippen molar-refractivity contribution in [1.82, 2.24) is 9.78 Å². The van der Waals surface area contributed by atoms with Gasteiger partial charge in [-0.1, -0.05) is 45.3 Å². The van der Waals surface area contributed by atoms with E-state index in [4.69, 9.17) is 18.0 Å². The summed E-state index contributed by atoms with van der Waals surface area (Å²) < 4.78 is 1.85. The van der Waals surface area contributed by atoms with Gasteiger partial charge in [0.05, 0.1) is 11.3 Å². The Balaban J connectivity index is 2.91. The predicted molar refractivity (Wildman–Crippen MR) is 85.7 cm³/mol. The van der Waals surface area contributed by atoms with E-state index < -0.39 is 0 Å². The summed E-state index contributed by atoms with van der Waals surface area (Å²) in [6, 6.07) is 0.466. The van der Waals surface area contributed by atoms with E-state index in [1.165, 1.54) is 25.7 Å². The van der Waals surface area contributed by atoms with Gasteiger partial charge in [-0.25, -0.2) is 0 Å². The number of nitrogens with one attached hydrogen (secondary N) is 1. The molecule has 19 heavy (non-hydrogen) atoms. The lowest BCUT2D eigenvalue weighted by molar-refractivity contribution is 0.558. The molecule has 5 heteroatoms. The van der Waals surface area contributed by atoms with Gasteiger partial charge >= 0.3 is 0 Å². The van der Waals surface area contributed by atoms with E-state index >= 15 is 0 Å². The maximum Gasteiger partial charge on any atom is 0.134 e. The quantitative estimate of drug-likeness (QED) is 0.719. The third kappa shape index (κ3) is 4.20. The minimum Gasteiger partial charge on any atom is -0.389 e. The summed E-state index contributed by atoms with van der Waals surface area (Å²) in [5, 5.41) is 8.00. The van der Waals surface area contributed by atoms with Crippen molar-refractivity contribution in [2.75, 3.05) is 5.32 Å². The summed E-state index contributed by atoms with van der Waals surface area (Å²) in [4.78, 5) is 0.416. The molecule has 0 spiro atoms. The van der Waals surface area contributed by atoms with Crippen LogP contribution < -0.4 is 11.1 Å². The molecule has 108 valence electrons. The van der Waals surface area contributed by atoms with Crippen molar-refractivity contribution in [3.8, 4) is 0 Å². The van der Waals surface area contributed by atoms with E-state index in [-0.39, 0.29) is 0 Å². The lowest BCUT2D eigenvalue weighted by Gasteiger charge is -2.20. The Morgan fingerprint density at radius 2 is 2.05 bits per heavy atom. The molecule has 0 saturated carbocycles. The number of nitrogens with zero attached hydrogens (tertiary/aromatic N) is 2. The molecule has 0 bridgehead atoms. The van der Waals surface area contributed by atoms with E-state index in [9.17, 15) is 0 Å². The molecule has 1 unspecified atom stereocenters. The first-order chi connectivity index (χ1) is 9.01. The van der Waals surface area contributed by atoms with Crippen LogP contribution in [0.1, 0.15) is 57.2 Å². The lowest BCUT2D eigenvalue weighted by Crippen LogP contribution is -2.23. The first kappa shape index (κ1) is 16.0. The summed E-state index contributed by atoms with van der Waals surface area (Å²) in [5.41, 5.74) is 7.59. The molecular weight excluding hydrogens is 256 g/mol. The van der Waals surface area contributed by atoms with Crippen LogP contribution in [0, 0.1) is 6.92 Å². The SMILES string of the molecule is CCCCC(CCC)Nc1c(C(N)=S)c(C)nn1C. The van der Waals surface area contributed by atoms with Crippen molar-refractivity contribution in [2.45, 2.75) is 58.9 Å². The fourth-order valence-electron chi connectivity index (χ4n) is 2.40. The Bertz CT molecular complexity index is 425. The Morgan fingerprint density at radius 3 is 2.58 bits per heavy atom. The number of unbranched alkanes of at least 4 members (excludes halogenated alkanes) is 1. The minimum atomic E-state index is 0.416. The molecule has 0 fully saturated rings. The second-order valence-corrected chi connectivity index (χ2v) is 5.51. The number of anilines is 1. The summed E-state index contributed by atoms with van der Waals surface area (Å²) in [7, 11) is 1.93. The average molecular weight is 282 g/mol. The molecule has 0 aliphatic rings. The molecule has 0 aromatic carbocycles. The molecule has 0 aliphatic carbocycles. The molecule has 0 saturated heterocycles. The summed E-state index contributed by atoms with van der Waals surface area (Å²) in [6.07, 6.45) is 5.94. The van der Waals surface area contributed by atoms with Crippen LogP contribution in [0.5, 0.6) is 0 Å². The van der Waals surface area contributed by atoms with E-state index in [2.05, 4.69) is 24.3 Å². The largest absolute Gasteiger partial charge is 0.389 e. The zero-order valence-electron chi connectivity index (χ0n) is 12.5. The average Bonchev–Trinajstić information content (AvgIpc) is 2.61. The molecule has 3 N–H and O–H groups in total. The number of nitrogens with two attached hydrogens (primary N) is 1. The minimum absolute atomic E-state index is 0.416. The maximum absolute atomic E-state index is 5.82. The zero-order chi connectivity index (χ0) is 14.4. The van der Waals surface area contributed by atoms with Crippen LogP contribution in [0.2, 0.25) is 0 Å². The fourth-order valence-corrected chi connectivity index (χ4v) is 2.64. The molecule has 0 radical (unpaired) electrons. The predicted octanol–water partition coefficient (Wildman–Crippen LogP) is 3.13. The Morgan fingerprint density at radius 1 is 1.37 bits per heavy atom. The Kier molecular flexibility index (Phi) is 6.28. The van der Waals surface area contributed by atoms with Gasteiger partial charge in [0.1, 0.15) is 10.8 Å². The van der Waals surface area contributed by atoms with E-state index in [0.29, 0.717) is 11.0 Å². The van der Waals surface area contributed by atoms with E-state index in [0.717, 1.165) is 23.5 Å². The number of hydrogen-bond acceptors (Lipinski definition) is 3. The van der Waals surface area contributed by atoms with Crippen LogP contribution >= 0.6 is 12.2 Å². The number of rotatable bonds is 8. The van der Waals surface area contributed by atoms with Gasteiger partial charge in [-0.3, -0.25) is 4.68 Å². The van der Waals surface area contributed by atoms with Crippen LogP contribution in [0.15, 0.2) is 0 Å². The van der Waals surface area contributed by atoms with Crippen molar-refractivity contribution in [3.05, 3.63) is 11.3 Å². The monoisotopic (exact) mass is 282 g/mol. The summed E-state index contributed by atoms with van der Waals surface area (Å²) >= 11 is 5.14. The van der Waals surface area contributed by atoms with Gasteiger partial charge in [-0.2, -0.15) is 5.10 Å². The third-order valence-corrected chi connectivity index (χ3v) is 3.56. The summed E-state index contributed by atoms with van der Waals surface area (Å²) in [5.74, 6) is 0.958. The highest BCUT2D eigenvalue weighted by atomic mass is 32.1. The van der Waals surface area contributed by atoms with Crippen LogP contribution in [-0.2, 0) is 7.05 Å². The molecule has 1 aromatic heterocycles. The van der Waals surface area contributed by atoms with Crippen molar-refractivity contribution < 1.29 is 0 Å². The van der Waals surface area contributed by atoms with Crippen LogP contribution in [0.25, 0.3) is 0 Å². The van der Waals surface area contributed by atoms with Crippen molar-refractivity contribution in [3.63, 3.8) is 0 Å². The molecular formula is C14H26N4S. The lowest BCUT2D eigenvalue weighted by atomic mass is 10.0. The number of aromatic nitrogens is 2. The first-order valence-electron chi connectivity index (χ1n) is 7.11. The van der Waals surface area contributed by atoms with Crippen molar-refractivity contribution in [1.29, 1.82) is 0 Å². The smallest absolute Gasteiger partial charge is 0.134 e. The van der Waals surface area contributed by atoms with Gasteiger partial charge in [0.15, 0.2) is 0 Å². The van der Waals surface area contributed by atoms with Crippen molar-refractivity contribution in [2.24, 2.45) is 12.8 Å². The molecule has 1 aromatic rings. The second kappa shape index (κ2) is 7.48. The normalized spacial score (nSPS) is 12.4. The molecule has 0 aliphatic heterocycles. The number of thiocarbonyl (C=S) groups is 1. The van der Waals surface area contributed by atoms with Crippen molar-refractivity contribution >= 4 is 23.0 Å². The fraction of sp³-hybridized carbons (Fsp3) is 0.714. The highest BCUT2D eigenvalue weighted by molar-refractivity contribution is 7.80. The van der Waals surface area contributed by atoms with Gasteiger partial charge in [0.25, 0.3) is 0 Å². The topological polar surface area (TPSA) is 55.9 Å². The summed E-state index contributed by atoms with van der Waals surface area (Å²) in [6.45, 7) is 6.38. The van der Waals surface area contributed by atoms with E-state index in [1.54, 1.807) is 0 Å². The maximum atomic E-state index is 5.82. The van der Waals surface area contributed by atoms with E-state index in [1.807, 2.05) is 18.7 Å². The second-order valence-electron chi connectivity index (χ2n) is 5.07. The molecule has 1 rings (SSSR count). The first-order valence-corrected chi connectivity index (χ1v) is 7.51. The van der Waals surface area contributed by atoms with Crippen LogP contribution in [0.4, 0.5) is 5.82 Å². The molecule has 0 amide bonds. The van der Waals surface area contributed by atoms with Gasteiger partial charge in [-0.05, 0) is 19.8 Å². The zero-order valence-corrected chi connectivity index (χ0v) is 13.3. The highest BCUT2D eigenvalue weighted by Gasteiger charge is 2.18.